The van der Waals surface area contributed by atoms with E-state index in [1.807, 2.05) is 0 Å². The van der Waals surface area contributed by atoms with Crippen molar-refractivity contribution in [3.05, 3.63) is 36.5 Å². The molecule has 1 heterocycles. The Bertz CT molecular complexity index is 1150. The summed E-state index contributed by atoms with van der Waals surface area (Å²) in [5.74, 6) is -0.171. The van der Waals surface area contributed by atoms with Crippen LogP contribution in [0.25, 0.3) is 0 Å². The van der Waals surface area contributed by atoms with Gasteiger partial charge in [0.05, 0.1) is 25.4 Å². The van der Waals surface area contributed by atoms with Gasteiger partial charge >= 0.3 is 0 Å². The van der Waals surface area contributed by atoms with Gasteiger partial charge in [0.25, 0.3) is 0 Å². The maximum absolute atomic E-state index is 13.0. The molecule has 7 unspecified atom stereocenters. The highest BCUT2D eigenvalue weighted by Gasteiger charge is 2.44. The minimum atomic E-state index is -1.56. The van der Waals surface area contributed by atoms with Crippen molar-refractivity contribution in [3.63, 3.8) is 0 Å². The number of hydrogen-bond acceptors (Lipinski definition) is 8. The molecule has 1 rings (SSSR count). The number of aliphatic hydroxyl groups is 5. The first-order chi connectivity index (χ1) is 32.8. The highest BCUT2D eigenvalue weighted by Crippen LogP contribution is 2.23. The third-order valence-corrected chi connectivity index (χ3v) is 13.8. The van der Waals surface area contributed by atoms with E-state index in [0.29, 0.717) is 12.8 Å². The van der Waals surface area contributed by atoms with Crippen molar-refractivity contribution < 1.29 is 39.8 Å². The zero-order valence-electron chi connectivity index (χ0n) is 43.7. The van der Waals surface area contributed by atoms with Crippen molar-refractivity contribution in [2.45, 2.75) is 314 Å². The standard InChI is InChI=1S/C58H109NO8/c1-3-5-7-9-11-13-15-17-18-19-20-21-22-23-24-25-26-27-28-29-30-31-32-33-34-36-37-39-41-43-45-47-52(61)51(50-66-58-57(65)56(64)55(63)53(49-60)67-58)59-54(62)48-46-44-42-40-38-35-16-14-12-10-8-6-4-2/h6,8,12,14,35,38,51-53,55-58,60-61,63-65H,3-5,7,9-11,13,15-34,36-37,39-50H2,1-2H3,(H,59,62)/b8-6-,14-12-,38-35-. The van der Waals surface area contributed by atoms with Crippen LogP contribution in [-0.4, -0.2) is 87.5 Å². The molecule has 0 aromatic heterocycles. The van der Waals surface area contributed by atoms with Crippen LogP contribution in [-0.2, 0) is 14.3 Å². The summed E-state index contributed by atoms with van der Waals surface area (Å²) in [5.41, 5.74) is 0. The Morgan fingerprint density at radius 2 is 0.925 bits per heavy atom. The largest absolute Gasteiger partial charge is 0.394 e. The maximum Gasteiger partial charge on any atom is 0.220 e. The summed E-state index contributed by atoms with van der Waals surface area (Å²) >= 11 is 0. The number of unbranched alkanes of at least 4 members (excludes halogenated alkanes) is 33. The zero-order chi connectivity index (χ0) is 48.7. The second kappa shape index (κ2) is 48.1. The third-order valence-electron chi connectivity index (χ3n) is 13.8. The molecule has 1 amide bonds. The molecule has 9 heteroatoms. The minimum Gasteiger partial charge on any atom is -0.394 e. The first-order valence-corrected chi connectivity index (χ1v) is 28.7. The van der Waals surface area contributed by atoms with Crippen LogP contribution in [0.5, 0.6) is 0 Å². The first-order valence-electron chi connectivity index (χ1n) is 28.7. The number of allylic oxidation sites excluding steroid dienone is 6. The average molecular weight is 949 g/mol. The smallest absolute Gasteiger partial charge is 0.220 e. The van der Waals surface area contributed by atoms with Crippen LogP contribution >= 0.6 is 0 Å². The van der Waals surface area contributed by atoms with Gasteiger partial charge in [-0.15, -0.1) is 0 Å². The van der Waals surface area contributed by atoms with E-state index in [-0.39, 0.29) is 12.5 Å². The molecule has 0 saturated carbocycles. The molecule has 7 atom stereocenters. The van der Waals surface area contributed by atoms with Gasteiger partial charge in [0.15, 0.2) is 6.29 Å². The second-order valence-electron chi connectivity index (χ2n) is 20.1. The normalized spacial score (nSPS) is 19.9. The molecular weight excluding hydrogens is 839 g/mol. The Hall–Kier alpha value is -1.59. The lowest BCUT2D eigenvalue weighted by molar-refractivity contribution is -0.302. The number of hydrogen-bond donors (Lipinski definition) is 6. The highest BCUT2D eigenvalue weighted by molar-refractivity contribution is 5.76. The monoisotopic (exact) mass is 948 g/mol. The third kappa shape index (κ3) is 37.9. The number of nitrogens with one attached hydrogen (secondary N) is 1. The Balaban J connectivity index is 2.12. The predicted octanol–water partition coefficient (Wildman–Crippen LogP) is 14.0. The molecule has 0 bridgehead atoms. The average Bonchev–Trinajstić information content (AvgIpc) is 3.33. The van der Waals surface area contributed by atoms with E-state index in [0.717, 1.165) is 64.2 Å². The van der Waals surface area contributed by atoms with Crippen LogP contribution in [0.4, 0.5) is 0 Å². The second-order valence-corrected chi connectivity index (χ2v) is 20.1. The van der Waals surface area contributed by atoms with Gasteiger partial charge in [0.2, 0.25) is 5.91 Å². The molecule has 1 aliphatic heterocycles. The van der Waals surface area contributed by atoms with Crippen molar-refractivity contribution in [1.29, 1.82) is 0 Å². The van der Waals surface area contributed by atoms with Crippen molar-refractivity contribution in [3.8, 4) is 0 Å². The molecule has 0 aromatic rings. The number of carbonyl (C=O) groups is 1. The van der Waals surface area contributed by atoms with Crippen LogP contribution in [0.2, 0.25) is 0 Å². The molecular formula is C58H109NO8. The van der Waals surface area contributed by atoms with Crippen molar-refractivity contribution in [1.82, 2.24) is 5.32 Å². The van der Waals surface area contributed by atoms with E-state index in [1.54, 1.807) is 0 Å². The molecule has 0 spiro atoms. The number of rotatable bonds is 49. The van der Waals surface area contributed by atoms with E-state index < -0.39 is 49.5 Å². The number of ether oxygens (including phenoxy) is 2. The van der Waals surface area contributed by atoms with Gasteiger partial charge in [0, 0.05) is 6.42 Å². The summed E-state index contributed by atoms with van der Waals surface area (Å²) in [5, 5.41) is 54.5. The topological polar surface area (TPSA) is 149 Å². The van der Waals surface area contributed by atoms with Gasteiger partial charge in [-0.25, -0.2) is 0 Å². The molecule has 1 fully saturated rings. The number of aliphatic hydroxyl groups excluding tert-OH is 5. The lowest BCUT2D eigenvalue weighted by Gasteiger charge is -2.40. The number of carbonyl (C=O) groups excluding carboxylic acids is 1. The van der Waals surface area contributed by atoms with Crippen LogP contribution in [0.1, 0.15) is 271 Å². The van der Waals surface area contributed by atoms with Crippen molar-refractivity contribution in [2.75, 3.05) is 13.2 Å². The van der Waals surface area contributed by atoms with Crippen molar-refractivity contribution >= 4 is 5.91 Å². The Kier molecular flexibility index (Phi) is 45.5. The predicted molar refractivity (Wildman–Crippen MR) is 281 cm³/mol. The number of amides is 1. The molecule has 0 radical (unpaired) electrons. The van der Waals surface area contributed by atoms with Gasteiger partial charge in [-0.1, -0.05) is 256 Å². The van der Waals surface area contributed by atoms with Crippen LogP contribution in [0.3, 0.4) is 0 Å². The van der Waals surface area contributed by atoms with E-state index in [2.05, 4.69) is 55.6 Å². The molecule has 9 nitrogen and oxygen atoms in total. The maximum atomic E-state index is 13.0. The Labute approximate surface area is 412 Å². The van der Waals surface area contributed by atoms with E-state index >= 15 is 0 Å². The molecule has 1 aliphatic rings. The molecule has 0 aliphatic carbocycles. The Morgan fingerprint density at radius 3 is 1.36 bits per heavy atom. The quantitative estimate of drug-likeness (QED) is 0.0261. The Morgan fingerprint density at radius 1 is 0.522 bits per heavy atom. The molecule has 1 saturated heterocycles. The summed E-state index contributed by atoms with van der Waals surface area (Å²) in [6, 6.07) is -0.734. The fourth-order valence-electron chi connectivity index (χ4n) is 9.24. The lowest BCUT2D eigenvalue weighted by atomic mass is 9.99. The molecule has 394 valence electrons. The SMILES string of the molecule is CC/C=C\C/C=C\C/C=C\CCCCCC(=O)NC(COC1OC(CO)C(O)C(O)C1O)C(O)CCCCCCCCCCCCCCCCCCCCCCCCCCCCCCCCC. The summed E-state index contributed by atoms with van der Waals surface area (Å²) in [4.78, 5) is 13.0. The minimum absolute atomic E-state index is 0.149. The van der Waals surface area contributed by atoms with E-state index in [1.165, 1.54) is 180 Å². The highest BCUT2D eigenvalue weighted by atomic mass is 16.7. The van der Waals surface area contributed by atoms with Crippen LogP contribution in [0, 0.1) is 0 Å². The summed E-state index contributed by atoms with van der Waals surface area (Å²) < 4.78 is 11.3. The summed E-state index contributed by atoms with van der Waals surface area (Å²) in [7, 11) is 0. The van der Waals surface area contributed by atoms with Gasteiger partial charge in [-0.2, -0.15) is 0 Å². The molecule has 67 heavy (non-hydrogen) atoms. The summed E-state index contributed by atoms with van der Waals surface area (Å²) in [6.45, 7) is 3.72. The first kappa shape index (κ1) is 63.4. The van der Waals surface area contributed by atoms with Crippen molar-refractivity contribution in [2.24, 2.45) is 0 Å². The van der Waals surface area contributed by atoms with Gasteiger partial charge in [-0.3, -0.25) is 4.79 Å². The molecule has 0 aromatic carbocycles. The van der Waals surface area contributed by atoms with Gasteiger partial charge in [0.1, 0.15) is 24.4 Å². The van der Waals surface area contributed by atoms with Crippen LogP contribution in [0.15, 0.2) is 36.5 Å². The van der Waals surface area contributed by atoms with E-state index in [9.17, 15) is 30.3 Å². The summed E-state index contributed by atoms with van der Waals surface area (Å²) in [6.07, 6.45) is 54.9. The van der Waals surface area contributed by atoms with Gasteiger partial charge < -0.3 is 40.3 Å². The van der Waals surface area contributed by atoms with Gasteiger partial charge in [-0.05, 0) is 44.9 Å². The lowest BCUT2D eigenvalue weighted by Crippen LogP contribution is -2.60. The van der Waals surface area contributed by atoms with Crippen LogP contribution < -0.4 is 5.32 Å². The van der Waals surface area contributed by atoms with E-state index in [4.69, 9.17) is 9.47 Å². The fraction of sp³-hybridized carbons (Fsp3) is 0.879. The molecule has 6 N–H and O–H groups in total. The fourth-order valence-corrected chi connectivity index (χ4v) is 9.24. The zero-order valence-corrected chi connectivity index (χ0v) is 43.7.